The Hall–Kier alpha value is -2.89. The van der Waals surface area contributed by atoms with Gasteiger partial charge in [-0.15, -0.1) is 0 Å². The summed E-state index contributed by atoms with van der Waals surface area (Å²) in [6, 6.07) is 0. The first-order valence-corrected chi connectivity index (χ1v) is 32.8. The summed E-state index contributed by atoms with van der Waals surface area (Å²) >= 11 is 0. The number of unbranched alkanes of at least 4 members (excludes halogenated alkanes) is 39. The number of hydrogen-bond acceptors (Lipinski definition) is 6. The van der Waals surface area contributed by atoms with Crippen LogP contribution < -0.4 is 0 Å². The number of allylic oxidation sites excluding steroid dienone is 10. The molecule has 0 aromatic heterocycles. The van der Waals surface area contributed by atoms with Crippen molar-refractivity contribution in [3.05, 3.63) is 60.8 Å². The van der Waals surface area contributed by atoms with Gasteiger partial charge >= 0.3 is 17.9 Å². The molecule has 0 rings (SSSR count). The van der Waals surface area contributed by atoms with Crippen LogP contribution in [0.5, 0.6) is 0 Å². The van der Waals surface area contributed by atoms with Crippen molar-refractivity contribution in [3.8, 4) is 0 Å². The highest BCUT2D eigenvalue weighted by molar-refractivity contribution is 5.71. The molecule has 0 aliphatic rings. The highest BCUT2D eigenvalue weighted by Crippen LogP contribution is 2.18. The molecule has 0 spiro atoms. The van der Waals surface area contributed by atoms with Crippen LogP contribution in [0.25, 0.3) is 0 Å². The smallest absolute Gasteiger partial charge is 0.306 e. The van der Waals surface area contributed by atoms with Crippen LogP contribution in [0.15, 0.2) is 60.8 Å². The molecule has 0 amide bonds. The van der Waals surface area contributed by atoms with E-state index in [4.69, 9.17) is 14.2 Å². The second-order valence-electron chi connectivity index (χ2n) is 22.0. The van der Waals surface area contributed by atoms with Crippen LogP contribution in [-0.2, 0) is 28.6 Å². The van der Waals surface area contributed by atoms with Crippen molar-refractivity contribution in [2.45, 2.75) is 348 Å². The predicted octanol–water partition coefficient (Wildman–Crippen LogP) is 22.3. The van der Waals surface area contributed by atoms with Gasteiger partial charge in [-0.1, -0.05) is 300 Å². The Morgan fingerprint density at radius 2 is 0.520 bits per heavy atom. The minimum atomic E-state index is -0.785. The average Bonchev–Trinajstić information content (AvgIpc) is 3.41. The van der Waals surface area contributed by atoms with Crippen LogP contribution in [0.4, 0.5) is 0 Å². The fourth-order valence-corrected chi connectivity index (χ4v) is 9.61. The summed E-state index contributed by atoms with van der Waals surface area (Å²) in [7, 11) is 0. The molecule has 6 heteroatoms. The van der Waals surface area contributed by atoms with Gasteiger partial charge in [-0.2, -0.15) is 0 Å². The molecule has 6 nitrogen and oxygen atoms in total. The summed E-state index contributed by atoms with van der Waals surface area (Å²) in [6.07, 6.45) is 80.9. The molecule has 0 saturated carbocycles. The number of hydrogen-bond donors (Lipinski definition) is 0. The standard InChI is InChI=1S/C69H124O6/c1-4-7-10-13-16-19-22-25-28-31-32-33-34-35-36-37-39-41-44-47-50-53-56-59-62-68(71)74-65-66(64-73-67(70)61-58-55-52-49-46-43-40-30-27-24-21-18-15-12-9-6-3)75-69(72)63-60-57-54-51-48-45-42-38-29-26-23-20-17-14-11-8-5-2/h8,11,17,20-21,24,26,29-30,40,66H,4-7,9-10,12-16,18-19,22-23,25,27-28,31-39,41-65H2,1-3H3/b11-8-,20-17-,24-21-,29-26-,40-30-. The number of ether oxygens (including phenoxy) is 3. The molecule has 436 valence electrons. The summed E-state index contributed by atoms with van der Waals surface area (Å²) in [5, 5.41) is 0. The van der Waals surface area contributed by atoms with Crippen LogP contribution >= 0.6 is 0 Å². The number of esters is 3. The molecule has 0 N–H and O–H groups in total. The van der Waals surface area contributed by atoms with Crippen LogP contribution in [0.2, 0.25) is 0 Å². The van der Waals surface area contributed by atoms with Crippen LogP contribution in [0.1, 0.15) is 342 Å². The van der Waals surface area contributed by atoms with E-state index < -0.39 is 6.10 Å². The van der Waals surface area contributed by atoms with Gasteiger partial charge in [-0.05, 0) is 83.5 Å². The van der Waals surface area contributed by atoms with Crippen molar-refractivity contribution in [1.29, 1.82) is 0 Å². The van der Waals surface area contributed by atoms with E-state index in [1.165, 1.54) is 199 Å². The first kappa shape index (κ1) is 72.1. The Morgan fingerprint density at radius 3 is 0.827 bits per heavy atom. The van der Waals surface area contributed by atoms with Crippen molar-refractivity contribution >= 4 is 17.9 Å². The lowest BCUT2D eigenvalue weighted by atomic mass is 10.0. The molecule has 0 aromatic rings. The van der Waals surface area contributed by atoms with Gasteiger partial charge in [-0.3, -0.25) is 14.4 Å². The molecule has 1 atom stereocenters. The van der Waals surface area contributed by atoms with Gasteiger partial charge in [0.15, 0.2) is 6.10 Å². The molecule has 0 radical (unpaired) electrons. The zero-order chi connectivity index (χ0) is 54.3. The van der Waals surface area contributed by atoms with Crippen molar-refractivity contribution < 1.29 is 28.6 Å². The van der Waals surface area contributed by atoms with Crippen LogP contribution in [0, 0.1) is 0 Å². The van der Waals surface area contributed by atoms with E-state index in [1.54, 1.807) is 0 Å². The van der Waals surface area contributed by atoms with Crippen molar-refractivity contribution in [2.24, 2.45) is 0 Å². The van der Waals surface area contributed by atoms with Gasteiger partial charge in [0.25, 0.3) is 0 Å². The largest absolute Gasteiger partial charge is 0.462 e. The maximum Gasteiger partial charge on any atom is 0.306 e. The molecule has 0 aromatic carbocycles. The highest BCUT2D eigenvalue weighted by Gasteiger charge is 2.19. The minimum Gasteiger partial charge on any atom is -0.462 e. The second kappa shape index (κ2) is 63.6. The lowest BCUT2D eigenvalue weighted by molar-refractivity contribution is -0.167. The van der Waals surface area contributed by atoms with E-state index in [2.05, 4.69) is 81.5 Å². The van der Waals surface area contributed by atoms with Gasteiger partial charge in [0.05, 0.1) is 0 Å². The molecule has 0 bridgehead atoms. The molecule has 0 heterocycles. The number of rotatable bonds is 60. The average molecular weight is 1050 g/mol. The molecule has 0 saturated heterocycles. The van der Waals surface area contributed by atoms with Crippen LogP contribution in [-0.4, -0.2) is 37.2 Å². The Kier molecular flexibility index (Phi) is 61.2. The maximum atomic E-state index is 12.9. The zero-order valence-corrected chi connectivity index (χ0v) is 50.1. The lowest BCUT2D eigenvalue weighted by Gasteiger charge is -2.18. The summed E-state index contributed by atoms with van der Waals surface area (Å²) in [4.78, 5) is 38.3. The lowest BCUT2D eigenvalue weighted by Crippen LogP contribution is -2.30. The third-order valence-electron chi connectivity index (χ3n) is 14.5. The molecule has 0 fully saturated rings. The predicted molar refractivity (Wildman–Crippen MR) is 325 cm³/mol. The van der Waals surface area contributed by atoms with E-state index in [9.17, 15) is 14.4 Å². The third kappa shape index (κ3) is 61.8. The van der Waals surface area contributed by atoms with E-state index >= 15 is 0 Å². The quantitative estimate of drug-likeness (QED) is 0.0261. The Labute approximate surface area is 466 Å². The molecular weight excluding hydrogens is 925 g/mol. The zero-order valence-electron chi connectivity index (χ0n) is 50.1. The van der Waals surface area contributed by atoms with E-state index in [-0.39, 0.29) is 31.1 Å². The van der Waals surface area contributed by atoms with E-state index in [0.717, 1.165) is 103 Å². The third-order valence-corrected chi connectivity index (χ3v) is 14.5. The fraction of sp³-hybridized carbons (Fsp3) is 0.812. The molecule has 1 unspecified atom stereocenters. The monoisotopic (exact) mass is 1050 g/mol. The maximum absolute atomic E-state index is 12.9. The van der Waals surface area contributed by atoms with Gasteiger partial charge in [0, 0.05) is 19.3 Å². The van der Waals surface area contributed by atoms with Crippen molar-refractivity contribution in [2.75, 3.05) is 13.2 Å². The highest BCUT2D eigenvalue weighted by atomic mass is 16.6. The van der Waals surface area contributed by atoms with Gasteiger partial charge in [0.2, 0.25) is 0 Å². The van der Waals surface area contributed by atoms with Crippen molar-refractivity contribution in [1.82, 2.24) is 0 Å². The number of carbonyl (C=O) groups excluding carboxylic acids is 3. The van der Waals surface area contributed by atoms with E-state index in [1.807, 2.05) is 0 Å². The molecule has 0 aliphatic heterocycles. The van der Waals surface area contributed by atoms with Crippen molar-refractivity contribution in [3.63, 3.8) is 0 Å². The Bertz CT molecular complexity index is 1340. The van der Waals surface area contributed by atoms with Gasteiger partial charge < -0.3 is 14.2 Å². The summed E-state index contributed by atoms with van der Waals surface area (Å²) < 4.78 is 16.9. The first-order valence-electron chi connectivity index (χ1n) is 32.8. The Balaban J connectivity index is 4.31. The van der Waals surface area contributed by atoms with Gasteiger partial charge in [0.1, 0.15) is 13.2 Å². The SMILES string of the molecule is CC/C=C\C/C=C\C/C=C\CCCCCCCCCC(=O)OC(COC(=O)CCCCCCC/C=C\C/C=C\CCCCCC)COC(=O)CCCCCCCCCCCCCCCCCCCCCCCCCC. The second-order valence-corrected chi connectivity index (χ2v) is 22.0. The fourth-order valence-electron chi connectivity index (χ4n) is 9.61. The molecular formula is C69H124O6. The summed E-state index contributed by atoms with van der Waals surface area (Å²) in [5.41, 5.74) is 0. The molecule has 0 aliphatic carbocycles. The van der Waals surface area contributed by atoms with E-state index in [0.29, 0.717) is 19.3 Å². The summed E-state index contributed by atoms with van der Waals surface area (Å²) in [5.74, 6) is -0.885. The van der Waals surface area contributed by atoms with Gasteiger partial charge in [-0.25, -0.2) is 0 Å². The number of carbonyl (C=O) groups is 3. The minimum absolute atomic E-state index is 0.0798. The molecule has 75 heavy (non-hydrogen) atoms. The Morgan fingerprint density at radius 1 is 0.280 bits per heavy atom. The normalized spacial score (nSPS) is 12.4. The topological polar surface area (TPSA) is 78.9 Å². The summed E-state index contributed by atoms with van der Waals surface area (Å²) in [6.45, 7) is 6.55. The van der Waals surface area contributed by atoms with Crippen LogP contribution in [0.3, 0.4) is 0 Å². The first-order chi connectivity index (χ1) is 37.0.